The molecule has 0 saturated heterocycles. The lowest BCUT2D eigenvalue weighted by molar-refractivity contribution is 0.141. The van der Waals surface area contributed by atoms with Gasteiger partial charge in [-0.15, -0.1) is 0 Å². The molecule has 1 amide bonds. The summed E-state index contributed by atoms with van der Waals surface area (Å²) in [5.41, 5.74) is 2.11. The predicted molar refractivity (Wildman–Crippen MR) is 79.3 cm³/mol. The second-order valence-corrected chi connectivity index (χ2v) is 5.35. The van der Waals surface area contributed by atoms with E-state index in [1.165, 1.54) is 12.8 Å². The van der Waals surface area contributed by atoms with Crippen LogP contribution < -0.4 is 5.32 Å². The van der Waals surface area contributed by atoms with Gasteiger partial charge in [0.05, 0.1) is 18.5 Å². The van der Waals surface area contributed by atoms with Crippen LogP contribution in [0.4, 0.5) is 4.79 Å². The van der Waals surface area contributed by atoms with Crippen molar-refractivity contribution in [2.75, 3.05) is 13.2 Å². The number of nitrogens with zero attached hydrogens (tertiary/aromatic N) is 2. The molecule has 1 saturated carbocycles. The summed E-state index contributed by atoms with van der Waals surface area (Å²) in [4.78, 5) is 11.4. The number of hydrogen-bond donors (Lipinski definition) is 1. The third kappa shape index (κ3) is 4.08. The number of carbonyl (C=O) groups excluding carboxylic acids is 1. The molecular formula is C16H19N3O2. The van der Waals surface area contributed by atoms with Gasteiger partial charge in [-0.2, -0.15) is 5.10 Å². The van der Waals surface area contributed by atoms with Gasteiger partial charge in [0.15, 0.2) is 0 Å². The molecule has 1 fully saturated rings. The number of nitrogens with one attached hydrogen (secondary N) is 1. The molecule has 0 radical (unpaired) electrons. The molecule has 3 rings (SSSR count). The van der Waals surface area contributed by atoms with E-state index < -0.39 is 0 Å². The van der Waals surface area contributed by atoms with Gasteiger partial charge < -0.3 is 10.1 Å². The third-order valence-electron chi connectivity index (χ3n) is 3.49. The van der Waals surface area contributed by atoms with Crippen LogP contribution in [0.25, 0.3) is 5.69 Å². The lowest BCUT2D eigenvalue weighted by atomic mass is 10.2. The minimum atomic E-state index is -0.322. The summed E-state index contributed by atoms with van der Waals surface area (Å²) in [6.07, 6.45) is 6.59. The highest BCUT2D eigenvalue weighted by atomic mass is 16.5. The Kier molecular flexibility index (Phi) is 4.19. The summed E-state index contributed by atoms with van der Waals surface area (Å²) < 4.78 is 6.94. The molecule has 0 spiro atoms. The van der Waals surface area contributed by atoms with E-state index >= 15 is 0 Å². The van der Waals surface area contributed by atoms with Crippen LogP contribution in [0.3, 0.4) is 0 Å². The number of aromatic nitrogens is 2. The Morgan fingerprint density at radius 3 is 2.90 bits per heavy atom. The van der Waals surface area contributed by atoms with E-state index in [4.69, 9.17) is 4.74 Å². The molecule has 0 bridgehead atoms. The highest BCUT2D eigenvalue weighted by molar-refractivity contribution is 5.67. The molecule has 21 heavy (non-hydrogen) atoms. The average molecular weight is 285 g/mol. The molecule has 2 aromatic rings. The van der Waals surface area contributed by atoms with Crippen LogP contribution in [0, 0.1) is 5.92 Å². The summed E-state index contributed by atoms with van der Waals surface area (Å²) in [5.74, 6) is 0.597. The molecule has 5 heteroatoms. The number of para-hydroxylation sites is 1. The number of amides is 1. The summed E-state index contributed by atoms with van der Waals surface area (Å²) in [7, 11) is 0. The molecule has 1 aromatic heterocycles. The Balaban J connectivity index is 1.43. The SMILES string of the molecule is O=C(NCCc1cnn(-c2ccccc2)c1)OCC1CC1. The largest absolute Gasteiger partial charge is 0.449 e. The van der Waals surface area contributed by atoms with Crippen LogP contribution in [-0.4, -0.2) is 29.0 Å². The number of carbonyl (C=O) groups is 1. The van der Waals surface area contributed by atoms with Crippen molar-refractivity contribution in [2.45, 2.75) is 19.3 Å². The monoisotopic (exact) mass is 285 g/mol. The van der Waals surface area contributed by atoms with Crippen LogP contribution in [0.15, 0.2) is 42.7 Å². The first-order valence-corrected chi connectivity index (χ1v) is 7.31. The van der Waals surface area contributed by atoms with Crippen LogP contribution in [0.1, 0.15) is 18.4 Å². The summed E-state index contributed by atoms with van der Waals surface area (Å²) in [6, 6.07) is 9.95. The van der Waals surface area contributed by atoms with E-state index in [0.29, 0.717) is 19.1 Å². The summed E-state index contributed by atoms with van der Waals surface area (Å²) >= 11 is 0. The van der Waals surface area contributed by atoms with Gasteiger partial charge in [-0.3, -0.25) is 0 Å². The van der Waals surface area contributed by atoms with Gasteiger partial charge in [0.2, 0.25) is 0 Å². The molecule has 1 heterocycles. The van der Waals surface area contributed by atoms with E-state index in [0.717, 1.165) is 17.7 Å². The molecular weight excluding hydrogens is 266 g/mol. The van der Waals surface area contributed by atoms with Crippen LogP contribution in [0.2, 0.25) is 0 Å². The van der Waals surface area contributed by atoms with Crippen molar-refractivity contribution >= 4 is 6.09 Å². The van der Waals surface area contributed by atoms with E-state index in [1.54, 1.807) is 0 Å². The van der Waals surface area contributed by atoms with Crippen LogP contribution in [-0.2, 0) is 11.2 Å². The highest BCUT2D eigenvalue weighted by Gasteiger charge is 2.22. The minimum absolute atomic E-state index is 0.322. The molecule has 0 atom stereocenters. The maximum absolute atomic E-state index is 11.4. The van der Waals surface area contributed by atoms with Gasteiger partial charge in [-0.1, -0.05) is 18.2 Å². The first kappa shape index (κ1) is 13.7. The molecule has 1 aliphatic rings. The normalized spacial score (nSPS) is 13.9. The maximum Gasteiger partial charge on any atom is 0.407 e. The van der Waals surface area contributed by atoms with Crippen molar-refractivity contribution in [1.82, 2.24) is 15.1 Å². The topological polar surface area (TPSA) is 56.2 Å². The Labute approximate surface area is 123 Å². The molecule has 1 aliphatic carbocycles. The minimum Gasteiger partial charge on any atom is -0.449 e. The number of ether oxygens (including phenoxy) is 1. The van der Waals surface area contributed by atoms with E-state index in [2.05, 4.69) is 10.4 Å². The zero-order chi connectivity index (χ0) is 14.5. The van der Waals surface area contributed by atoms with Crippen molar-refractivity contribution in [3.63, 3.8) is 0 Å². The van der Waals surface area contributed by atoms with Gasteiger partial charge >= 0.3 is 6.09 Å². The Morgan fingerprint density at radius 1 is 1.33 bits per heavy atom. The predicted octanol–water partition coefficient (Wildman–Crippen LogP) is 2.55. The molecule has 1 N–H and O–H groups in total. The highest BCUT2D eigenvalue weighted by Crippen LogP contribution is 2.28. The van der Waals surface area contributed by atoms with Gasteiger partial charge in [-0.05, 0) is 42.9 Å². The molecule has 0 aliphatic heterocycles. The fraction of sp³-hybridized carbons (Fsp3) is 0.375. The molecule has 5 nitrogen and oxygen atoms in total. The summed E-state index contributed by atoms with van der Waals surface area (Å²) in [6.45, 7) is 1.11. The Hall–Kier alpha value is -2.30. The average Bonchev–Trinajstić information content (AvgIpc) is 3.23. The van der Waals surface area contributed by atoms with Crippen molar-refractivity contribution in [2.24, 2.45) is 5.92 Å². The second-order valence-electron chi connectivity index (χ2n) is 5.35. The smallest absolute Gasteiger partial charge is 0.407 e. The van der Waals surface area contributed by atoms with Crippen LogP contribution in [0.5, 0.6) is 0 Å². The van der Waals surface area contributed by atoms with Gasteiger partial charge in [-0.25, -0.2) is 9.48 Å². The maximum atomic E-state index is 11.4. The van der Waals surface area contributed by atoms with Crippen molar-refractivity contribution in [3.05, 3.63) is 48.3 Å². The van der Waals surface area contributed by atoms with Gasteiger partial charge in [0.25, 0.3) is 0 Å². The van der Waals surface area contributed by atoms with Gasteiger partial charge in [0, 0.05) is 12.7 Å². The first-order valence-electron chi connectivity index (χ1n) is 7.31. The van der Waals surface area contributed by atoms with Crippen molar-refractivity contribution in [1.29, 1.82) is 0 Å². The molecule has 0 unspecified atom stereocenters. The lowest BCUT2D eigenvalue weighted by Crippen LogP contribution is -2.27. The van der Waals surface area contributed by atoms with Gasteiger partial charge in [0.1, 0.15) is 0 Å². The number of rotatable bonds is 6. The Morgan fingerprint density at radius 2 is 2.14 bits per heavy atom. The standard InChI is InChI=1S/C16H19N3O2/c20-16(21-12-13-6-7-13)17-9-8-14-10-18-19(11-14)15-4-2-1-3-5-15/h1-5,10-11,13H,6-9,12H2,(H,17,20). The van der Waals surface area contributed by atoms with E-state index in [9.17, 15) is 4.79 Å². The Bertz CT molecular complexity index is 591. The van der Waals surface area contributed by atoms with E-state index in [1.807, 2.05) is 47.4 Å². The molecule has 1 aromatic carbocycles. The zero-order valence-electron chi connectivity index (χ0n) is 11.9. The van der Waals surface area contributed by atoms with Crippen molar-refractivity contribution in [3.8, 4) is 5.69 Å². The zero-order valence-corrected chi connectivity index (χ0v) is 11.9. The second kappa shape index (κ2) is 6.43. The fourth-order valence-electron chi connectivity index (χ4n) is 2.05. The molecule has 110 valence electrons. The lowest BCUT2D eigenvalue weighted by Gasteiger charge is -2.05. The number of alkyl carbamates (subject to hydrolysis) is 1. The summed E-state index contributed by atoms with van der Waals surface area (Å²) in [5, 5.41) is 7.09. The fourth-order valence-corrected chi connectivity index (χ4v) is 2.05. The van der Waals surface area contributed by atoms with Crippen LogP contribution >= 0.6 is 0 Å². The third-order valence-corrected chi connectivity index (χ3v) is 3.49. The number of benzene rings is 1. The quantitative estimate of drug-likeness (QED) is 0.887. The van der Waals surface area contributed by atoms with E-state index in [-0.39, 0.29) is 6.09 Å². The number of hydrogen-bond acceptors (Lipinski definition) is 3. The first-order chi connectivity index (χ1) is 10.3. The van der Waals surface area contributed by atoms with Crippen molar-refractivity contribution < 1.29 is 9.53 Å².